The number of benzene rings is 1. The van der Waals surface area contributed by atoms with Gasteiger partial charge < -0.3 is 14.5 Å². The van der Waals surface area contributed by atoms with Gasteiger partial charge in [0, 0.05) is 23.2 Å². The predicted octanol–water partition coefficient (Wildman–Crippen LogP) is 2.61. The Bertz CT molecular complexity index is 387. The topological polar surface area (TPSA) is 34.2 Å². The third kappa shape index (κ3) is 1.63. The van der Waals surface area contributed by atoms with Crippen molar-refractivity contribution < 1.29 is 9.47 Å². The molecular formula is C10H12ClNO2. The number of hydrogen-bond donors (Lipinski definition) is 1. The van der Waals surface area contributed by atoms with Crippen LogP contribution in [-0.4, -0.2) is 19.2 Å². The van der Waals surface area contributed by atoms with Gasteiger partial charge in [0.1, 0.15) is 0 Å². The smallest absolute Gasteiger partial charge is 0.161 e. The molecule has 0 aliphatic heterocycles. The second kappa shape index (κ2) is 4.24. The maximum atomic E-state index is 5.17. The zero-order chi connectivity index (χ0) is 9.26. The number of rotatable bonds is 2. The summed E-state index contributed by atoms with van der Waals surface area (Å²) in [5.41, 5.74) is 0. The van der Waals surface area contributed by atoms with Gasteiger partial charge in [0.05, 0.1) is 14.2 Å². The fourth-order valence-corrected chi connectivity index (χ4v) is 1.38. The van der Waals surface area contributed by atoms with Gasteiger partial charge in [-0.15, -0.1) is 12.4 Å². The van der Waals surface area contributed by atoms with E-state index in [9.17, 15) is 0 Å². The van der Waals surface area contributed by atoms with E-state index in [0.717, 1.165) is 22.3 Å². The lowest BCUT2D eigenvalue weighted by atomic mass is 10.2. The molecule has 0 bridgehead atoms. The van der Waals surface area contributed by atoms with Crippen LogP contribution in [0.2, 0.25) is 0 Å². The van der Waals surface area contributed by atoms with E-state index in [-0.39, 0.29) is 12.4 Å². The van der Waals surface area contributed by atoms with Crippen molar-refractivity contribution >= 4 is 23.2 Å². The molecule has 1 aromatic heterocycles. The van der Waals surface area contributed by atoms with Crippen LogP contribution in [0.4, 0.5) is 0 Å². The Labute approximate surface area is 88.4 Å². The molecule has 14 heavy (non-hydrogen) atoms. The molecule has 0 amide bonds. The highest BCUT2D eigenvalue weighted by Crippen LogP contribution is 2.31. The molecule has 0 fully saturated rings. The number of aromatic nitrogens is 1. The third-order valence-electron chi connectivity index (χ3n) is 2.07. The Balaban J connectivity index is 0.000000980. The Morgan fingerprint density at radius 2 is 1.36 bits per heavy atom. The van der Waals surface area contributed by atoms with Gasteiger partial charge in [0.25, 0.3) is 0 Å². The van der Waals surface area contributed by atoms with Crippen molar-refractivity contribution in [1.29, 1.82) is 0 Å². The van der Waals surface area contributed by atoms with Gasteiger partial charge in [-0.2, -0.15) is 0 Å². The standard InChI is InChI=1S/C10H11NO2.ClH/c1-12-9-3-7-5-11-6-8(7)4-10(9)13-2;/h3-6,11H,1-2H3;1H. The van der Waals surface area contributed by atoms with Crippen molar-refractivity contribution in [2.75, 3.05) is 14.2 Å². The van der Waals surface area contributed by atoms with Crippen molar-refractivity contribution in [2.45, 2.75) is 0 Å². The van der Waals surface area contributed by atoms with E-state index in [4.69, 9.17) is 9.47 Å². The summed E-state index contributed by atoms with van der Waals surface area (Å²) >= 11 is 0. The first-order valence-electron chi connectivity index (χ1n) is 4.03. The van der Waals surface area contributed by atoms with Gasteiger partial charge >= 0.3 is 0 Å². The van der Waals surface area contributed by atoms with E-state index in [1.165, 1.54) is 0 Å². The van der Waals surface area contributed by atoms with Gasteiger partial charge in [0.2, 0.25) is 0 Å². The molecule has 0 aliphatic rings. The van der Waals surface area contributed by atoms with Crippen LogP contribution in [0.15, 0.2) is 24.5 Å². The average Bonchev–Trinajstić information content (AvgIpc) is 2.62. The van der Waals surface area contributed by atoms with E-state index >= 15 is 0 Å². The first-order valence-corrected chi connectivity index (χ1v) is 4.03. The van der Waals surface area contributed by atoms with Crippen molar-refractivity contribution in [3.05, 3.63) is 24.5 Å². The molecule has 1 aromatic carbocycles. The summed E-state index contributed by atoms with van der Waals surface area (Å²) in [6.45, 7) is 0. The minimum atomic E-state index is 0. The van der Waals surface area contributed by atoms with Crippen LogP contribution in [0.1, 0.15) is 0 Å². The highest BCUT2D eigenvalue weighted by Gasteiger charge is 2.05. The monoisotopic (exact) mass is 213 g/mol. The van der Waals surface area contributed by atoms with Gasteiger partial charge in [-0.05, 0) is 12.1 Å². The number of aromatic amines is 1. The molecule has 0 saturated carbocycles. The molecular weight excluding hydrogens is 202 g/mol. The Morgan fingerprint density at radius 1 is 0.929 bits per heavy atom. The third-order valence-corrected chi connectivity index (χ3v) is 2.07. The number of ether oxygens (including phenoxy) is 2. The van der Waals surface area contributed by atoms with Crippen LogP contribution in [0, 0.1) is 0 Å². The molecule has 0 aliphatic carbocycles. The van der Waals surface area contributed by atoms with Crippen LogP contribution in [-0.2, 0) is 0 Å². The van der Waals surface area contributed by atoms with Crippen molar-refractivity contribution in [3.8, 4) is 11.5 Å². The van der Waals surface area contributed by atoms with Crippen molar-refractivity contribution in [3.63, 3.8) is 0 Å². The lowest BCUT2D eigenvalue weighted by Crippen LogP contribution is -1.89. The van der Waals surface area contributed by atoms with E-state index in [2.05, 4.69) is 4.98 Å². The molecule has 0 spiro atoms. The molecule has 0 unspecified atom stereocenters. The van der Waals surface area contributed by atoms with Gasteiger partial charge in [-0.25, -0.2) is 0 Å². The van der Waals surface area contributed by atoms with Gasteiger partial charge in [-0.1, -0.05) is 0 Å². The maximum Gasteiger partial charge on any atom is 0.161 e. The second-order valence-corrected chi connectivity index (χ2v) is 2.79. The van der Waals surface area contributed by atoms with E-state index < -0.39 is 0 Å². The largest absolute Gasteiger partial charge is 0.493 e. The summed E-state index contributed by atoms with van der Waals surface area (Å²) in [5.74, 6) is 1.52. The van der Waals surface area contributed by atoms with Crippen LogP contribution in [0.25, 0.3) is 10.8 Å². The van der Waals surface area contributed by atoms with Crippen LogP contribution in [0.3, 0.4) is 0 Å². The Morgan fingerprint density at radius 3 is 1.71 bits per heavy atom. The summed E-state index contributed by atoms with van der Waals surface area (Å²) in [6, 6.07) is 3.90. The van der Waals surface area contributed by atoms with E-state index in [1.807, 2.05) is 24.5 Å². The lowest BCUT2D eigenvalue weighted by Gasteiger charge is -2.06. The molecule has 1 N–H and O–H groups in total. The summed E-state index contributed by atoms with van der Waals surface area (Å²) in [7, 11) is 3.27. The van der Waals surface area contributed by atoms with Crippen LogP contribution in [0.5, 0.6) is 11.5 Å². The molecule has 76 valence electrons. The normalized spacial score (nSPS) is 9.57. The summed E-state index contributed by atoms with van der Waals surface area (Å²) < 4.78 is 10.3. The van der Waals surface area contributed by atoms with Gasteiger partial charge in [-0.3, -0.25) is 0 Å². The Hall–Kier alpha value is -1.35. The first-order chi connectivity index (χ1) is 6.35. The number of methoxy groups -OCH3 is 2. The van der Waals surface area contributed by atoms with Gasteiger partial charge in [0.15, 0.2) is 11.5 Å². The molecule has 0 atom stereocenters. The predicted molar refractivity (Wildman–Crippen MR) is 58.7 cm³/mol. The molecule has 3 nitrogen and oxygen atoms in total. The highest BCUT2D eigenvalue weighted by atomic mass is 35.5. The van der Waals surface area contributed by atoms with Crippen molar-refractivity contribution in [1.82, 2.24) is 4.98 Å². The molecule has 2 rings (SSSR count). The molecule has 0 radical (unpaired) electrons. The summed E-state index contributed by atoms with van der Waals surface area (Å²) in [4.78, 5) is 3.03. The number of halogens is 1. The van der Waals surface area contributed by atoms with Crippen LogP contribution >= 0.6 is 12.4 Å². The maximum absolute atomic E-state index is 5.17. The minimum absolute atomic E-state index is 0. The first kappa shape index (κ1) is 10.7. The van der Waals surface area contributed by atoms with E-state index in [1.54, 1.807) is 14.2 Å². The summed E-state index contributed by atoms with van der Waals surface area (Å²) in [5, 5.41) is 2.25. The molecule has 1 heterocycles. The SMILES string of the molecule is COc1cc2c[nH]cc2cc1OC.Cl. The van der Waals surface area contributed by atoms with Crippen LogP contribution < -0.4 is 9.47 Å². The second-order valence-electron chi connectivity index (χ2n) is 2.79. The lowest BCUT2D eigenvalue weighted by molar-refractivity contribution is 0.356. The Kier molecular flexibility index (Phi) is 3.25. The molecule has 2 aromatic rings. The highest BCUT2D eigenvalue weighted by molar-refractivity contribution is 5.86. The zero-order valence-corrected chi connectivity index (χ0v) is 8.85. The zero-order valence-electron chi connectivity index (χ0n) is 8.03. The fraction of sp³-hybridized carbons (Fsp3) is 0.200. The van der Waals surface area contributed by atoms with E-state index in [0.29, 0.717) is 0 Å². The summed E-state index contributed by atoms with van der Waals surface area (Å²) in [6.07, 6.45) is 3.86. The number of H-pyrrole nitrogens is 1. The fourth-order valence-electron chi connectivity index (χ4n) is 1.38. The number of hydrogen-bond acceptors (Lipinski definition) is 2. The average molecular weight is 214 g/mol. The molecule has 4 heteroatoms. The quantitative estimate of drug-likeness (QED) is 0.832. The number of fused-ring (bicyclic) bond motifs is 1. The minimum Gasteiger partial charge on any atom is -0.493 e. The van der Waals surface area contributed by atoms with Crippen molar-refractivity contribution in [2.24, 2.45) is 0 Å². The molecule has 0 saturated heterocycles. The number of nitrogens with one attached hydrogen (secondary N) is 1.